The molecule has 0 radical (unpaired) electrons. The summed E-state index contributed by atoms with van der Waals surface area (Å²) in [5.41, 5.74) is 2.27. The van der Waals surface area contributed by atoms with Gasteiger partial charge in [0.15, 0.2) is 5.78 Å². The van der Waals surface area contributed by atoms with E-state index in [1.54, 1.807) is 36.7 Å². The number of pyridine rings is 1. The van der Waals surface area contributed by atoms with Gasteiger partial charge in [0.25, 0.3) is 0 Å². The summed E-state index contributed by atoms with van der Waals surface area (Å²) in [5, 5.41) is 4.95. The number of rotatable bonds is 4. The van der Waals surface area contributed by atoms with Crippen molar-refractivity contribution in [2.45, 2.75) is 13.3 Å². The number of hydrogen-bond acceptors (Lipinski definition) is 3. The van der Waals surface area contributed by atoms with Crippen LogP contribution in [0.4, 0.5) is 5.69 Å². The third kappa shape index (κ3) is 3.61. The van der Waals surface area contributed by atoms with Crippen molar-refractivity contribution in [1.29, 1.82) is 0 Å². The highest BCUT2D eigenvalue weighted by Crippen LogP contribution is 2.18. The summed E-state index contributed by atoms with van der Waals surface area (Å²) in [6.45, 7) is 1.52. The zero-order valence-corrected chi connectivity index (χ0v) is 12.7. The van der Waals surface area contributed by atoms with Crippen LogP contribution in [0.2, 0.25) is 0 Å². The van der Waals surface area contributed by atoms with E-state index >= 15 is 0 Å². The molecular weight excluding hydrogens is 288 g/mol. The molecule has 0 fully saturated rings. The SMILES string of the molecule is CC(=O)c1ccc(CC(=O)Nc2ccc3ccncc3c2)cc1. The first kappa shape index (κ1) is 14.9. The number of carbonyl (C=O) groups is 2. The van der Waals surface area contributed by atoms with Gasteiger partial charge in [-0.2, -0.15) is 0 Å². The number of nitrogens with zero attached hydrogens (tertiary/aromatic N) is 1. The van der Waals surface area contributed by atoms with Crippen molar-refractivity contribution in [2.75, 3.05) is 5.32 Å². The Balaban J connectivity index is 1.69. The molecule has 23 heavy (non-hydrogen) atoms. The second-order valence-corrected chi connectivity index (χ2v) is 5.42. The largest absolute Gasteiger partial charge is 0.326 e. The summed E-state index contributed by atoms with van der Waals surface area (Å²) < 4.78 is 0. The molecule has 1 aromatic heterocycles. The van der Waals surface area contributed by atoms with E-state index in [0.717, 1.165) is 22.0 Å². The van der Waals surface area contributed by atoms with Gasteiger partial charge >= 0.3 is 0 Å². The second kappa shape index (κ2) is 6.40. The average Bonchev–Trinajstić information content (AvgIpc) is 2.55. The summed E-state index contributed by atoms with van der Waals surface area (Å²) in [6.07, 6.45) is 3.78. The summed E-state index contributed by atoms with van der Waals surface area (Å²) in [6, 6.07) is 14.8. The summed E-state index contributed by atoms with van der Waals surface area (Å²) >= 11 is 0. The predicted octanol–water partition coefficient (Wildman–Crippen LogP) is 3.62. The summed E-state index contributed by atoms with van der Waals surface area (Å²) in [5.74, 6) is -0.0745. The topological polar surface area (TPSA) is 59.1 Å². The lowest BCUT2D eigenvalue weighted by Crippen LogP contribution is -2.14. The van der Waals surface area contributed by atoms with E-state index in [9.17, 15) is 9.59 Å². The molecule has 114 valence electrons. The van der Waals surface area contributed by atoms with E-state index in [-0.39, 0.29) is 18.1 Å². The Kier molecular flexibility index (Phi) is 4.15. The number of ketones is 1. The van der Waals surface area contributed by atoms with Crippen LogP contribution in [-0.2, 0) is 11.2 Å². The molecule has 2 aromatic carbocycles. The summed E-state index contributed by atoms with van der Waals surface area (Å²) in [7, 11) is 0. The quantitative estimate of drug-likeness (QED) is 0.749. The molecule has 0 aliphatic heterocycles. The van der Waals surface area contributed by atoms with E-state index in [2.05, 4.69) is 10.3 Å². The maximum absolute atomic E-state index is 12.1. The van der Waals surface area contributed by atoms with Gasteiger partial charge < -0.3 is 5.32 Å². The Labute approximate surface area is 134 Å². The highest BCUT2D eigenvalue weighted by molar-refractivity contribution is 5.96. The number of aromatic nitrogens is 1. The van der Waals surface area contributed by atoms with Gasteiger partial charge in [-0.25, -0.2) is 0 Å². The summed E-state index contributed by atoms with van der Waals surface area (Å²) in [4.78, 5) is 27.5. The fourth-order valence-corrected chi connectivity index (χ4v) is 2.41. The molecule has 3 aromatic rings. The van der Waals surface area contributed by atoms with E-state index < -0.39 is 0 Å². The monoisotopic (exact) mass is 304 g/mol. The van der Waals surface area contributed by atoms with Gasteiger partial charge in [0.2, 0.25) is 5.91 Å². The molecule has 0 saturated carbocycles. The molecular formula is C19H16N2O2. The van der Waals surface area contributed by atoms with Crippen molar-refractivity contribution in [3.63, 3.8) is 0 Å². The minimum Gasteiger partial charge on any atom is -0.326 e. The van der Waals surface area contributed by atoms with Crippen molar-refractivity contribution >= 4 is 28.2 Å². The van der Waals surface area contributed by atoms with Crippen LogP contribution in [0.1, 0.15) is 22.8 Å². The zero-order valence-electron chi connectivity index (χ0n) is 12.7. The number of anilines is 1. The Hall–Kier alpha value is -3.01. The molecule has 0 unspecified atom stereocenters. The van der Waals surface area contributed by atoms with Crippen LogP contribution >= 0.6 is 0 Å². The first-order valence-corrected chi connectivity index (χ1v) is 7.35. The predicted molar refractivity (Wildman–Crippen MR) is 90.5 cm³/mol. The number of benzene rings is 2. The van der Waals surface area contributed by atoms with E-state index in [1.165, 1.54) is 6.92 Å². The maximum Gasteiger partial charge on any atom is 0.228 e. The lowest BCUT2D eigenvalue weighted by molar-refractivity contribution is -0.115. The molecule has 1 heterocycles. The first-order valence-electron chi connectivity index (χ1n) is 7.35. The number of Topliss-reactive ketones (excluding diaryl/α,β-unsaturated/α-hetero) is 1. The third-order valence-corrected chi connectivity index (χ3v) is 3.65. The lowest BCUT2D eigenvalue weighted by Gasteiger charge is -2.07. The fourth-order valence-electron chi connectivity index (χ4n) is 2.41. The molecule has 4 heteroatoms. The molecule has 0 atom stereocenters. The van der Waals surface area contributed by atoms with Crippen molar-refractivity contribution in [3.05, 3.63) is 72.1 Å². The van der Waals surface area contributed by atoms with Crippen molar-refractivity contribution in [1.82, 2.24) is 4.98 Å². The van der Waals surface area contributed by atoms with Crippen LogP contribution in [0.15, 0.2) is 60.9 Å². The van der Waals surface area contributed by atoms with Gasteiger partial charge in [0, 0.05) is 29.0 Å². The normalized spacial score (nSPS) is 10.5. The lowest BCUT2D eigenvalue weighted by atomic mass is 10.1. The standard InChI is InChI=1S/C19H16N2O2/c1-13(22)15-4-2-14(3-5-15)10-19(23)21-18-7-6-16-8-9-20-12-17(16)11-18/h2-9,11-12H,10H2,1H3,(H,21,23). The number of carbonyl (C=O) groups excluding carboxylic acids is 2. The van der Waals surface area contributed by atoms with Crippen LogP contribution < -0.4 is 5.32 Å². The van der Waals surface area contributed by atoms with E-state index in [4.69, 9.17) is 0 Å². The number of amides is 1. The molecule has 4 nitrogen and oxygen atoms in total. The molecule has 0 bridgehead atoms. The van der Waals surface area contributed by atoms with Gasteiger partial charge in [-0.1, -0.05) is 30.3 Å². The average molecular weight is 304 g/mol. The third-order valence-electron chi connectivity index (χ3n) is 3.65. The number of fused-ring (bicyclic) bond motifs is 1. The Morgan fingerprint density at radius 2 is 1.78 bits per heavy atom. The zero-order chi connectivity index (χ0) is 16.2. The Morgan fingerprint density at radius 3 is 2.52 bits per heavy atom. The van der Waals surface area contributed by atoms with Crippen LogP contribution in [0.5, 0.6) is 0 Å². The van der Waals surface area contributed by atoms with E-state index in [0.29, 0.717) is 5.56 Å². The van der Waals surface area contributed by atoms with Crippen LogP contribution in [0, 0.1) is 0 Å². The van der Waals surface area contributed by atoms with Crippen LogP contribution in [0.3, 0.4) is 0 Å². The number of nitrogens with one attached hydrogen (secondary N) is 1. The first-order chi connectivity index (χ1) is 11.1. The second-order valence-electron chi connectivity index (χ2n) is 5.42. The van der Waals surface area contributed by atoms with Gasteiger partial charge in [-0.3, -0.25) is 14.6 Å². The molecule has 0 saturated heterocycles. The molecule has 1 amide bonds. The van der Waals surface area contributed by atoms with Crippen LogP contribution in [-0.4, -0.2) is 16.7 Å². The van der Waals surface area contributed by atoms with Crippen molar-refractivity contribution < 1.29 is 9.59 Å². The van der Waals surface area contributed by atoms with Gasteiger partial charge in [0.05, 0.1) is 6.42 Å². The van der Waals surface area contributed by atoms with E-state index in [1.807, 2.05) is 24.3 Å². The van der Waals surface area contributed by atoms with Gasteiger partial charge in [-0.05, 0) is 36.1 Å². The van der Waals surface area contributed by atoms with Crippen LogP contribution in [0.25, 0.3) is 10.8 Å². The van der Waals surface area contributed by atoms with Gasteiger partial charge in [-0.15, -0.1) is 0 Å². The minimum atomic E-state index is -0.0937. The van der Waals surface area contributed by atoms with Gasteiger partial charge in [0.1, 0.15) is 0 Å². The fraction of sp³-hybridized carbons (Fsp3) is 0.105. The molecule has 3 rings (SSSR count). The minimum absolute atomic E-state index is 0.0192. The van der Waals surface area contributed by atoms with Crippen molar-refractivity contribution in [2.24, 2.45) is 0 Å². The Bertz CT molecular complexity index is 870. The molecule has 0 spiro atoms. The molecule has 1 N–H and O–H groups in total. The highest BCUT2D eigenvalue weighted by atomic mass is 16.1. The molecule has 0 aliphatic rings. The Morgan fingerprint density at radius 1 is 1.00 bits per heavy atom. The molecule has 0 aliphatic carbocycles. The highest BCUT2D eigenvalue weighted by Gasteiger charge is 2.06. The smallest absolute Gasteiger partial charge is 0.228 e. The number of hydrogen-bond donors (Lipinski definition) is 1. The maximum atomic E-state index is 12.1. The van der Waals surface area contributed by atoms with Crippen molar-refractivity contribution in [3.8, 4) is 0 Å².